The molecule has 1 saturated heterocycles. The van der Waals surface area contributed by atoms with E-state index >= 15 is 0 Å². The lowest BCUT2D eigenvalue weighted by molar-refractivity contribution is 0.581. The van der Waals surface area contributed by atoms with E-state index < -0.39 is 10.0 Å². The maximum absolute atomic E-state index is 12.3. The molecule has 1 saturated carbocycles. The molecule has 19 heavy (non-hydrogen) atoms. The topological polar surface area (TPSA) is 58.2 Å². The molecule has 2 N–H and O–H groups in total. The van der Waals surface area contributed by atoms with E-state index in [1.807, 2.05) is 23.9 Å². The van der Waals surface area contributed by atoms with Crippen molar-refractivity contribution in [2.45, 2.75) is 36.2 Å². The summed E-state index contributed by atoms with van der Waals surface area (Å²) in [6.45, 7) is 0. The van der Waals surface area contributed by atoms with Crippen molar-refractivity contribution in [2.24, 2.45) is 0 Å². The van der Waals surface area contributed by atoms with Crippen molar-refractivity contribution >= 4 is 27.5 Å². The van der Waals surface area contributed by atoms with E-state index in [2.05, 4.69) is 10.0 Å². The fourth-order valence-corrected chi connectivity index (χ4v) is 4.80. The predicted molar refractivity (Wildman–Crippen MR) is 79.1 cm³/mol. The second kappa shape index (κ2) is 5.34. The molecule has 2 aliphatic rings. The summed E-state index contributed by atoms with van der Waals surface area (Å²) in [5, 5.41) is 3.37. The van der Waals surface area contributed by atoms with Gasteiger partial charge in [-0.3, -0.25) is 0 Å². The first-order valence-electron chi connectivity index (χ1n) is 6.61. The third-order valence-electron chi connectivity index (χ3n) is 3.37. The fourth-order valence-electron chi connectivity index (χ4n) is 2.17. The van der Waals surface area contributed by atoms with Crippen LogP contribution in [0, 0.1) is 0 Å². The summed E-state index contributed by atoms with van der Waals surface area (Å²) in [6.07, 6.45) is 3.00. The van der Waals surface area contributed by atoms with Crippen molar-refractivity contribution < 1.29 is 8.42 Å². The molecular weight excluding hydrogens is 280 g/mol. The highest BCUT2D eigenvalue weighted by atomic mass is 32.2. The molecule has 2 fully saturated rings. The molecule has 0 aromatic heterocycles. The summed E-state index contributed by atoms with van der Waals surface area (Å²) >= 11 is 1.91. The van der Waals surface area contributed by atoms with E-state index in [-0.39, 0.29) is 6.04 Å². The number of benzene rings is 1. The van der Waals surface area contributed by atoms with Gasteiger partial charge in [0.05, 0.1) is 5.69 Å². The molecule has 104 valence electrons. The Morgan fingerprint density at radius 2 is 1.89 bits per heavy atom. The number of para-hydroxylation sites is 1. The van der Waals surface area contributed by atoms with E-state index in [1.165, 1.54) is 0 Å². The van der Waals surface area contributed by atoms with Crippen LogP contribution in [0.1, 0.15) is 19.3 Å². The number of hydrogen-bond donors (Lipinski definition) is 2. The third-order valence-corrected chi connectivity index (χ3v) is 6.11. The first kappa shape index (κ1) is 13.3. The van der Waals surface area contributed by atoms with Crippen molar-refractivity contribution in [3.63, 3.8) is 0 Å². The van der Waals surface area contributed by atoms with Gasteiger partial charge in [0.15, 0.2) is 0 Å². The Morgan fingerprint density at radius 3 is 2.58 bits per heavy atom. The van der Waals surface area contributed by atoms with Crippen molar-refractivity contribution in [1.82, 2.24) is 4.72 Å². The van der Waals surface area contributed by atoms with Crippen LogP contribution in [0.3, 0.4) is 0 Å². The number of thioether (sulfide) groups is 1. The van der Waals surface area contributed by atoms with E-state index in [9.17, 15) is 8.42 Å². The lowest BCUT2D eigenvalue weighted by Gasteiger charge is -2.16. The summed E-state index contributed by atoms with van der Waals surface area (Å²) in [5.74, 6) is 2.19. The second-order valence-corrected chi connectivity index (χ2v) is 7.93. The van der Waals surface area contributed by atoms with Crippen LogP contribution >= 0.6 is 11.8 Å². The molecule has 6 heteroatoms. The molecule has 0 bridgehead atoms. The Hall–Kier alpha value is -0.720. The summed E-state index contributed by atoms with van der Waals surface area (Å²) in [4.78, 5) is 0.374. The first-order chi connectivity index (χ1) is 9.15. The van der Waals surface area contributed by atoms with Gasteiger partial charge in [-0.15, -0.1) is 0 Å². The van der Waals surface area contributed by atoms with Gasteiger partial charge in [0.2, 0.25) is 10.0 Å². The standard InChI is InChI=1S/C13H18N2O2S2/c16-19(17,15-10-5-6-10)13-4-2-1-3-12(13)14-11-7-8-18-9-11/h1-4,10-11,14-15H,5-9H2. The van der Waals surface area contributed by atoms with E-state index in [0.717, 1.165) is 36.5 Å². The van der Waals surface area contributed by atoms with Gasteiger partial charge >= 0.3 is 0 Å². The number of hydrogen-bond acceptors (Lipinski definition) is 4. The number of nitrogens with one attached hydrogen (secondary N) is 2. The van der Waals surface area contributed by atoms with Gasteiger partial charge < -0.3 is 5.32 Å². The van der Waals surface area contributed by atoms with Gasteiger partial charge in [0, 0.05) is 17.8 Å². The molecule has 1 atom stereocenters. The summed E-state index contributed by atoms with van der Waals surface area (Å²) in [6, 6.07) is 7.69. The molecule has 1 aromatic carbocycles. The SMILES string of the molecule is O=S(=O)(NC1CC1)c1ccccc1NC1CCSC1. The molecule has 1 heterocycles. The van der Waals surface area contributed by atoms with Crippen LogP contribution in [0.2, 0.25) is 0 Å². The molecule has 1 unspecified atom stereocenters. The summed E-state index contributed by atoms with van der Waals surface area (Å²) < 4.78 is 27.4. The highest BCUT2D eigenvalue weighted by molar-refractivity contribution is 7.99. The van der Waals surface area contributed by atoms with Crippen LogP contribution < -0.4 is 10.0 Å². The Labute approximate surface area is 118 Å². The zero-order valence-electron chi connectivity index (χ0n) is 10.6. The Morgan fingerprint density at radius 1 is 1.11 bits per heavy atom. The fraction of sp³-hybridized carbons (Fsp3) is 0.538. The Bertz CT molecular complexity index is 550. The Balaban J connectivity index is 1.83. The van der Waals surface area contributed by atoms with Gasteiger partial charge in [-0.25, -0.2) is 13.1 Å². The molecule has 1 aliphatic carbocycles. The second-order valence-electron chi connectivity index (χ2n) is 5.10. The number of sulfonamides is 1. The summed E-state index contributed by atoms with van der Waals surface area (Å²) in [7, 11) is -3.39. The van der Waals surface area contributed by atoms with Gasteiger partial charge in [-0.1, -0.05) is 12.1 Å². The third kappa shape index (κ3) is 3.24. The molecule has 0 radical (unpaired) electrons. The zero-order chi connectivity index (χ0) is 13.3. The van der Waals surface area contributed by atoms with Crippen LogP contribution in [0.25, 0.3) is 0 Å². The molecule has 3 rings (SSSR count). The molecule has 0 amide bonds. The van der Waals surface area contributed by atoms with Crippen molar-refractivity contribution in [2.75, 3.05) is 16.8 Å². The van der Waals surface area contributed by atoms with Gasteiger partial charge in [-0.05, 0) is 37.1 Å². The van der Waals surface area contributed by atoms with E-state index in [1.54, 1.807) is 12.1 Å². The van der Waals surface area contributed by atoms with E-state index in [0.29, 0.717) is 10.9 Å². The molecular formula is C13H18N2O2S2. The number of rotatable bonds is 5. The molecule has 1 aliphatic heterocycles. The first-order valence-corrected chi connectivity index (χ1v) is 9.24. The van der Waals surface area contributed by atoms with Crippen LogP contribution in [0.5, 0.6) is 0 Å². The van der Waals surface area contributed by atoms with E-state index in [4.69, 9.17) is 0 Å². The molecule has 0 spiro atoms. The maximum atomic E-state index is 12.3. The maximum Gasteiger partial charge on any atom is 0.242 e. The van der Waals surface area contributed by atoms with Gasteiger partial charge in [-0.2, -0.15) is 11.8 Å². The minimum absolute atomic E-state index is 0.139. The number of anilines is 1. The minimum atomic E-state index is -3.39. The van der Waals surface area contributed by atoms with Crippen molar-refractivity contribution in [1.29, 1.82) is 0 Å². The molecule has 1 aromatic rings. The van der Waals surface area contributed by atoms with Crippen LogP contribution in [0.4, 0.5) is 5.69 Å². The lowest BCUT2D eigenvalue weighted by atomic mass is 10.2. The summed E-state index contributed by atoms with van der Waals surface area (Å²) in [5.41, 5.74) is 0.725. The van der Waals surface area contributed by atoms with Crippen molar-refractivity contribution in [3.8, 4) is 0 Å². The minimum Gasteiger partial charge on any atom is -0.380 e. The van der Waals surface area contributed by atoms with Crippen LogP contribution in [0.15, 0.2) is 29.2 Å². The van der Waals surface area contributed by atoms with Gasteiger partial charge in [0.25, 0.3) is 0 Å². The van der Waals surface area contributed by atoms with Crippen LogP contribution in [-0.2, 0) is 10.0 Å². The zero-order valence-corrected chi connectivity index (χ0v) is 12.3. The normalized spacial score (nSPS) is 23.5. The quantitative estimate of drug-likeness (QED) is 0.873. The lowest BCUT2D eigenvalue weighted by Crippen LogP contribution is -2.27. The molecule has 4 nitrogen and oxygen atoms in total. The highest BCUT2D eigenvalue weighted by Crippen LogP contribution is 2.28. The average Bonchev–Trinajstić information content (AvgIpc) is 3.03. The largest absolute Gasteiger partial charge is 0.380 e. The Kier molecular flexibility index (Phi) is 3.73. The van der Waals surface area contributed by atoms with Crippen molar-refractivity contribution in [3.05, 3.63) is 24.3 Å². The van der Waals surface area contributed by atoms with Crippen LogP contribution in [-0.4, -0.2) is 32.0 Å². The predicted octanol–water partition coefficient (Wildman–Crippen LogP) is 2.04. The van der Waals surface area contributed by atoms with Gasteiger partial charge in [0.1, 0.15) is 4.90 Å². The monoisotopic (exact) mass is 298 g/mol. The highest BCUT2D eigenvalue weighted by Gasteiger charge is 2.29. The average molecular weight is 298 g/mol. The smallest absolute Gasteiger partial charge is 0.242 e.